The molecule has 2 aromatic rings. The average Bonchev–Trinajstić information content (AvgIpc) is 2.67. The lowest BCUT2D eigenvalue weighted by atomic mass is 10.2. The first-order valence-electron chi connectivity index (χ1n) is 5.80. The first kappa shape index (κ1) is 11.1. The summed E-state index contributed by atoms with van der Waals surface area (Å²) in [5.41, 5.74) is 2.06. The third-order valence-corrected chi connectivity index (χ3v) is 3.03. The van der Waals surface area contributed by atoms with Crippen LogP contribution in [0, 0.1) is 0 Å². The number of imidazole rings is 1. The normalized spacial score (nSPS) is 15.2. The first-order valence-corrected chi connectivity index (χ1v) is 5.80. The van der Waals surface area contributed by atoms with Gasteiger partial charge in [-0.25, -0.2) is 4.98 Å². The van der Waals surface area contributed by atoms with Crippen molar-refractivity contribution in [2.24, 2.45) is 0 Å². The van der Waals surface area contributed by atoms with Crippen molar-refractivity contribution in [1.29, 1.82) is 0 Å². The van der Waals surface area contributed by atoms with Crippen LogP contribution in [0.25, 0.3) is 11.0 Å². The van der Waals surface area contributed by atoms with Crippen molar-refractivity contribution in [2.45, 2.75) is 39.3 Å². The van der Waals surface area contributed by atoms with Crippen LogP contribution in [0.4, 0.5) is 0 Å². The second-order valence-corrected chi connectivity index (χ2v) is 4.26. The molecule has 1 aromatic heterocycles. The molecule has 1 N–H and O–H groups in total. The molecule has 0 aliphatic carbocycles. The summed E-state index contributed by atoms with van der Waals surface area (Å²) in [6.45, 7) is 6.06. The Kier molecular flexibility index (Phi) is 2.97. The molecule has 0 spiro atoms. The van der Waals surface area contributed by atoms with Crippen molar-refractivity contribution in [3.63, 3.8) is 0 Å². The zero-order valence-corrected chi connectivity index (χ0v) is 10.0. The molecule has 86 valence electrons. The van der Waals surface area contributed by atoms with Crippen LogP contribution in [0.5, 0.6) is 0 Å². The lowest BCUT2D eigenvalue weighted by Crippen LogP contribution is -2.10. The van der Waals surface area contributed by atoms with Gasteiger partial charge in [-0.3, -0.25) is 0 Å². The average molecular weight is 218 g/mol. The summed E-state index contributed by atoms with van der Waals surface area (Å²) in [5.74, 6) is 0.760. The molecule has 0 aliphatic rings. The van der Waals surface area contributed by atoms with E-state index in [1.807, 2.05) is 18.2 Å². The Labute approximate surface area is 95.7 Å². The van der Waals surface area contributed by atoms with E-state index in [-0.39, 0.29) is 0 Å². The van der Waals surface area contributed by atoms with Crippen molar-refractivity contribution < 1.29 is 5.11 Å². The van der Waals surface area contributed by atoms with E-state index in [9.17, 15) is 5.11 Å². The topological polar surface area (TPSA) is 38.0 Å². The van der Waals surface area contributed by atoms with Crippen LogP contribution >= 0.6 is 0 Å². The minimum absolute atomic E-state index is 0.358. The fourth-order valence-electron chi connectivity index (χ4n) is 2.00. The van der Waals surface area contributed by atoms with Crippen LogP contribution in [0.15, 0.2) is 24.3 Å². The van der Waals surface area contributed by atoms with Gasteiger partial charge in [-0.1, -0.05) is 19.1 Å². The molecular weight excluding hydrogens is 200 g/mol. The molecular formula is C13H18N2O. The predicted molar refractivity (Wildman–Crippen MR) is 65.4 cm³/mol. The monoisotopic (exact) mass is 218 g/mol. The Morgan fingerprint density at radius 1 is 1.31 bits per heavy atom. The Morgan fingerprint density at radius 3 is 2.62 bits per heavy atom. The van der Waals surface area contributed by atoms with Gasteiger partial charge in [-0.2, -0.15) is 0 Å². The van der Waals surface area contributed by atoms with Crippen LogP contribution in [0.2, 0.25) is 0 Å². The molecule has 1 aromatic carbocycles. The Bertz CT molecular complexity index is 488. The molecule has 2 unspecified atom stereocenters. The lowest BCUT2D eigenvalue weighted by molar-refractivity contribution is 0.182. The van der Waals surface area contributed by atoms with Crippen LogP contribution in [-0.4, -0.2) is 14.7 Å². The minimum atomic E-state index is -0.526. The number of rotatable bonds is 3. The fourth-order valence-corrected chi connectivity index (χ4v) is 2.00. The number of para-hydroxylation sites is 2. The van der Waals surface area contributed by atoms with E-state index >= 15 is 0 Å². The summed E-state index contributed by atoms with van der Waals surface area (Å²) >= 11 is 0. The third kappa shape index (κ3) is 1.71. The highest BCUT2D eigenvalue weighted by atomic mass is 16.3. The fraction of sp³-hybridized carbons (Fsp3) is 0.462. The molecule has 2 atom stereocenters. The van der Waals surface area contributed by atoms with E-state index in [1.165, 1.54) is 0 Å². The zero-order chi connectivity index (χ0) is 11.7. The highest BCUT2D eigenvalue weighted by Crippen LogP contribution is 2.26. The van der Waals surface area contributed by atoms with Crippen molar-refractivity contribution in [2.75, 3.05) is 0 Å². The molecule has 0 saturated heterocycles. The second kappa shape index (κ2) is 4.26. The summed E-state index contributed by atoms with van der Waals surface area (Å²) in [7, 11) is 0. The Hall–Kier alpha value is -1.35. The number of fused-ring (bicyclic) bond motifs is 1. The number of nitrogens with zero attached hydrogens (tertiary/aromatic N) is 2. The summed E-state index contributed by atoms with van der Waals surface area (Å²) in [6.07, 6.45) is 0.501. The minimum Gasteiger partial charge on any atom is -0.385 e. The van der Waals surface area contributed by atoms with Crippen LogP contribution in [0.3, 0.4) is 0 Å². The van der Waals surface area contributed by atoms with Gasteiger partial charge in [0, 0.05) is 6.04 Å². The van der Waals surface area contributed by atoms with Crippen LogP contribution in [0.1, 0.15) is 45.2 Å². The van der Waals surface area contributed by atoms with Gasteiger partial charge in [0.25, 0.3) is 0 Å². The summed E-state index contributed by atoms with van der Waals surface area (Å²) in [4.78, 5) is 4.49. The number of aliphatic hydroxyl groups is 1. The number of aromatic nitrogens is 2. The van der Waals surface area contributed by atoms with E-state index in [0.29, 0.717) is 6.04 Å². The molecule has 16 heavy (non-hydrogen) atoms. The number of hydrogen-bond donors (Lipinski definition) is 1. The van der Waals surface area contributed by atoms with Gasteiger partial charge < -0.3 is 9.67 Å². The highest BCUT2D eigenvalue weighted by Gasteiger charge is 2.17. The number of hydrogen-bond acceptors (Lipinski definition) is 2. The largest absolute Gasteiger partial charge is 0.385 e. The molecule has 0 saturated carbocycles. The van der Waals surface area contributed by atoms with Crippen LogP contribution in [-0.2, 0) is 0 Å². The van der Waals surface area contributed by atoms with Gasteiger partial charge in [0.05, 0.1) is 11.0 Å². The maximum Gasteiger partial charge on any atom is 0.138 e. The van der Waals surface area contributed by atoms with Gasteiger partial charge >= 0.3 is 0 Å². The molecule has 0 amide bonds. The smallest absolute Gasteiger partial charge is 0.138 e. The predicted octanol–water partition coefficient (Wildman–Crippen LogP) is 3.06. The van der Waals surface area contributed by atoms with Gasteiger partial charge in [0.1, 0.15) is 11.9 Å². The summed E-state index contributed by atoms with van der Waals surface area (Å²) < 4.78 is 2.14. The SMILES string of the molecule is CCC(C)n1c(C(C)O)nc2ccccc21. The summed E-state index contributed by atoms with van der Waals surface area (Å²) in [6, 6.07) is 8.38. The maximum atomic E-state index is 9.77. The summed E-state index contributed by atoms with van der Waals surface area (Å²) in [5, 5.41) is 9.77. The maximum absolute atomic E-state index is 9.77. The molecule has 3 nitrogen and oxygen atoms in total. The lowest BCUT2D eigenvalue weighted by Gasteiger charge is -2.16. The van der Waals surface area contributed by atoms with Gasteiger partial charge in [-0.15, -0.1) is 0 Å². The first-order chi connectivity index (χ1) is 7.65. The van der Waals surface area contributed by atoms with Crippen molar-refractivity contribution in [3.8, 4) is 0 Å². The highest BCUT2D eigenvalue weighted by molar-refractivity contribution is 5.76. The molecule has 0 fully saturated rings. The molecule has 2 rings (SSSR count). The Balaban J connectivity index is 2.69. The van der Waals surface area contributed by atoms with Gasteiger partial charge in [-0.05, 0) is 32.4 Å². The molecule has 0 aliphatic heterocycles. The molecule has 3 heteroatoms. The molecule has 0 bridgehead atoms. The van der Waals surface area contributed by atoms with E-state index in [0.717, 1.165) is 23.3 Å². The van der Waals surface area contributed by atoms with E-state index in [2.05, 4.69) is 29.5 Å². The van der Waals surface area contributed by atoms with Crippen LogP contribution < -0.4 is 0 Å². The van der Waals surface area contributed by atoms with E-state index in [1.54, 1.807) is 6.92 Å². The van der Waals surface area contributed by atoms with E-state index in [4.69, 9.17) is 0 Å². The second-order valence-electron chi connectivity index (χ2n) is 4.26. The number of aliphatic hydroxyl groups excluding tert-OH is 1. The van der Waals surface area contributed by atoms with Gasteiger partial charge in [0.15, 0.2) is 0 Å². The van der Waals surface area contributed by atoms with Gasteiger partial charge in [0.2, 0.25) is 0 Å². The van der Waals surface area contributed by atoms with Crippen molar-refractivity contribution >= 4 is 11.0 Å². The Morgan fingerprint density at radius 2 is 2.00 bits per heavy atom. The quantitative estimate of drug-likeness (QED) is 0.859. The van der Waals surface area contributed by atoms with Crippen molar-refractivity contribution in [1.82, 2.24) is 9.55 Å². The molecule has 0 radical (unpaired) electrons. The van der Waals surface area contributed by atoms with Crippen molar-refractivity contribution in [3.05, 3.63) is 30.1 Å². The van der Waals surface area contributed by atoms with E-state index < -0.39 is 6.10 Å². The zero-order valence-electron chi connectivity index (χ0n) is 10.0. The standard InChI is InChI=1S/C13H18N2O/c1-4-9(2)15-12-8-6-5-7-11(12)14-13(15)10(3)16/h5-10,16H,4H2,1-3H3. The molecule has 1 heterocycles. The third-order valence-electron chi connectivity index (χ3n) is 3.03. The number of benzene rings is 1.